The third-order valence-electron chi connectivity index (χ3n) is 2.56. The predicted molar refractivity (Wildman–Crippen MR) is 64.9 cm³/mol. The number of aliphatic hydroxyl groups is 1. The maximum atomic E-state index is 11.7. The summed E-state index contributed by atoms with van der Waals surface area (Å²) in [4.78, 5) is 11.7. The van der Waals surface area contributed by atoms with Gasteiger partial charge in [-0.3, -0.25) is 0 Å². The van der Waals surface area contributed by atoms with Gasteiger partial charge in [0.1, 0.15) is 0 Å². The van der Waals surface area contributed by atoms with Gasteiger partial charge in [-0.05, 0) is 17.7 Å². The van der Waals surface area contributed by atoms with Crippen molar-refractivity contribution >= 4 is 5.97 Å². The van der Waals surface area contributed by atoms with Crippen LogP contribution in [0.5, 0.6) is 11.5 Å². The molecule has 0 aromatic heterocycles. The molecule has 100 valence electrons. The second kappa shape index (κ2) is 6.23. The predicted octanol–water partition coefficient (Wildman–Crippen LogP) is 0.483. The van der Waals surface area contributed by atoms with E-state index in [4.69, 9.17) is 20.3 Å². The number of ether oxygens (including phenoxy) is 3. The highest BCUT2D eigenvalue weighted by Gasteiger charge is 2.20. The van der Waals surface area contributed by atoms with E-state index in [1.165, 1.54) is 27.4 Å². The molecular formula is C12H17NO5. The summed E-state index contributed by atoms with van der Waals surface area (Å²) in [6, 6.07) is 2.35. The maximum absolute atomic E-state index is 11.7. The second-order valence-corrected chi connectivity index (χ2v) is 3.58. The summed E-state index contributed by atoms with van der Waals surface area (Å²) < 4.78 is 14.9. The Morgan fingerprint density at radius 3 is 2.28 bits per heavy atom. The first-order valence-electron chi connectivity index (χ1n) is 5.29. The van der Waals surface area contributed by atoms with Crippen molar-refractivity contribution < 1.29 is 24.1 Å². The minimum Gasteiger partial charge on any atom is -0.493 e. The molecule has 0 fully saturated rings. The van der Waals surface area contributed by atoms with Crippen LogP contribution in [0.4, 0.5) is 0 Å². The lowest BCUT2D eigenvalue weighted by Gasteiger charge is -2.16. The first-order chi connectivity index (χ1) is 8.58. The molecule has 0 saturated carbocycles. The molecule has 1 aromatic carbocycles. The van der Waals surface area contributed by atoms with Crippen molar-refractivity contribution in [2.24, 2.45) is 5.73 Å². The summed E-state index contributed by atoms with van der Waals surface area (Å²) in [5, 5.41) is 9.11. The fraction of sp³-hybridized carbons (Fsp3) is 0.417. The molecule has 0 radical (unpaired) electrons. The van der Waals surface area contributed by atoms with Crippen LogP contribution < -0.4 is 15.2 Å². The van der Waals surface area contributed by atoms with Crippen LogP contribution in [0.25, 0.3) is 0 Å². The Hall–Kier alpha value is -1.79. The Bertz CT molecular complexity index is 433. The van der Waals surface area contributed by atoms with Gasteiger partial charge in [-0.15, -0.1) is 0 Å². The van der Waals surface area contributed by atoms with Gasteiger partial charge >= 0.3 is 5.97 Å². The molecule has 1 rings (SSSR count). The summed E-state index contributed by atoms with van der Waals surface area (Å²) in [5.41, 5.74) is 6.44. The minimum absolute atomic E-state index is 0.247. The number of carbonyl (C=O) groups excluding carboxylic acids is 1. The molecule has 1 atom stereocenters. The zero-order chi connectivity index (χ0) is 13.7. The van der Waals surface area contributed by atoms with Crippen LogP contribution in [0.1, 0.15) is 22.0 Å². The molecule has 1 aromatic rings. The third kappa shape index (κ3) is 2.72. The van der Waals surface area contributed by atoms with Gasteiger partial charge < -0.3 is 25.1 Å². The van der Waals surface area contributed by atoms with Crippen molar-refractivity contribution in [1.29, 1.82) is 0 Å². The Kier molecular flexibility index (Phi) is 4.94. The number of hydrogen-bond donors (Lipinski definition) is 2. The van der Waals surface area contributed by atoms with Gasteiger partial charge in [-0.25, -0.2) is 4.79 Å². The Morgan fingerprint density at radius 2 is 1.83 bits per heavy atom. The average Bonchev–Trinajstić information content (AvgIpc) is 2.43. The maximum Gasteiger partial charge on any atom is 0.338 e. The highest BCUT2D eigenvalue weighted by molar-refractivity contribution is 5.92. The highest BCUT2D eigenvalue weighted by atomic mass is 16.5. The van der Waals surface area contributed by atoms with E-state index in [9.17, 15) is 4.79 Å². The van der Waals surface area contributed by atoms with E-state index in [1.54, 1.807) is 6.07 Å². The number of esters is 1. The van der Waals surface area contributed by atoms with Gasteiger partial charge in [0.05, 0.1) is 39.5 Å². The number of hydrogen-bond acceptors (Lipinski definition) is 6. The molecule has 6 heteroatoms. The Balaban J connectivity index is 3.40. The smallest absolute Gasteiger partial charge is 0.338 e. The van der Waals surface area contributed by atoms with Crippen molar-refractivity contribution in [1.82, 2.24) is 0 Å². The van der Waals surface area contributed by atoms with E-state index < -0.39 is 12.0 Å². The lowest BCUT2D eigenvalue weighted by molar-refractivity contribution is 0.0598. The van der Waals surface area contributed by atoms with Gasteiger partial charge in [0.15, 0.2) is 11.5 Å². The number of rotatable bonds is 5. The quantitative estimate of drug-likeness (QED) is 0.744. The first kappa shape index (κ1) is 14.3. The summed E-state index contributed by atoms with van der Waals surface area (Å²) in [6.07, 6.45) is 0. The molecule has 6 nitrogen and oxygen atoms in total. The van der Waals surface area contributed by atoms with Gasteiger partial charge in [0.25, 0.3) is 0 Å². The molecule has 0 saturated heterocycles. The topological polar surface area (TPSA) is 91.0 Å². The van der Waals surface area contributed by atoms with Crippen LogP contribution in [-0.2, 0) is 4.74 Å². The molecule has 0 spiro atoms. The fourth-order valence-electron chi connectivity index (χ4n) is 1.59. The van der Waals surface area contributed by atoms with Crippen LogP contribution in [0.2, 0.25) is 0 Å². The number of aliphatic hydroxyl groups excluding tert-OH is 1. The normalized spacial score (nSPS) is 11.8. The average molecular weight is 255 g/mol. The number of benzene rings is 1. The number of nitrogens with two attached hydrogens (primary N) is 1. The van der Waals surface area contributed by atoms with E-state index in [2.05, 4.69) is 4.74 Å². The monoisotopic (exact) mass is 255 g/mol. The molecule has 0 aliphatic rings. The number of methoxy groups -OCH3 is 3. The Morgan fingerprint density at radius 1 is 1.28 bits per heavy atom. The highest BCUT2D eigenvalue weighted by Crippen LogP contribution is 2.33. The van der Waals surface area contributed by atoms with Crippen LogP contribution in [-0.4, -0.2) is 39.0 Å². The Labute approximate surface area is 105 Å². The van der Waals surface area contributed by atoms with Crippen molar-refractivity contribution in [3.8, 4) is 11.5 Å². The minimum atomic E-state index is -0.695. The van der Waals surface area contributed by atoms with Crippen LogP contribution in [0.3, 0.4) is 0 Å². The molecule has 3 N–H and O–H groups in total. The zero-order valence-electron chi connectivity index (χ0n) is 10.6. The van der Waals surface area contributed by atoms with Crippen LogP contribution in [0, 0.1) is 0 Å². The van der Waals surface area contributed by atoms with E-state index in [0.717, 1.165) is 0 Å². The largest absolute Gasteiger partial charge is 0.493 e. The van der Waals surface area contributed by atoms with Crippen molar-refractivity contribution in [3.05, 3.63) is 23.3 Å². The summed E-state index contributed by atoms with van der Waals surface area (Å²) in [6.45, 7) is -0.292. The molecule has 0 heterocycles. The number of carbonyl (C=O) groups is 1. The lowest BCUT2D eigenvalue weighted by atomic mass is 10.00. The van der Waals surface area contributed by atoms with Crippen LogP contribution >= 0.6 is 0 Å². The summed E-state index contributed by atoms with van der Waals surface area (Å²) >= 11 is 0. The molecule has 0 amide bonds. The van der Waals surface area contributed by atoms with E-state index in [-0.39, 0.29) is 12.2 Å². The lowest BCUT2D eigenvalue weighted by Crippen LogP contribution is -2.19. The molecule has 0 bridgehead atoms. The second-order valence-electron chi connectivity index (χ2n) is 3.58. The molecule has 0 unspecified atom stereocenters. The van der Waals surface area contributed by atoms with Gasteiger partial charge in [-0.1, -0.05) is 0 Å². The zero-order valence-corrected chi connectivity index (χ0v) is 10.6. The summed E-state index contributed by atoms with van der Waals surface area (Å²) in [7, 11) is 4.21. The molecular weight excluding hydrogens is 238 g/mol. The van der Waals surface area contributed by atoms with Crippen molar-refractivity contribution in [3.63, 3.8) is 0 Å². The molecule has 0 aliphatic heterocycles. The van der Waals surface area contributed by atoms with Gasteiger partial charge in [0.2, 0.25) is 0 Å². The fourth-order valence-corrected chi connectivity index (χ4v) is 1.59. The van der Waals surface area contributed by atoms with Gasteiger partial charge in [0, 0.05) is 0 Å². The standard InChI is InChI=1S/C12H17NO5/c1-16-10-4-7(9(13)6-14)8(12(15)18-3)5-11(10)17-2/h4-5,9,14H,6,13H2,1-3H3/t9-/m0/s1. The summed E-state index contributed by atoms with van der Waals surface area (Å²) in [5.74, 6) is 0.283. The van der Waals surface area contributed by atoms with E-state index in [0.29, 0.717) is 17.1 Å². The third-order valence-corrected chi connectivity index (χ3v) is 2.56. The first-order valence-corrected chi connectivity index (χ1v) is 5.29. The van der Waals surface area contributed by atoms with E-state index in [1.807, 2.05) is 0 Å². The molecule has 0 aliphatic carbocycles. The van der Waals surface area contributed by atoms with Crippen molar-refractivity contribution in [2.75, 3.05) is 27.9 Å². The SMILES string of the molecule is COC(=O)c1cc(OC)c(OC)cc1[C@@H](N)CO. The molecule has 18 heavy (non-hydrogen) atoms. The van der Waals surface area contributed by atoms with Crippen LogP contribution in [0.15, 0.2) is 12.1 Å². The van der Waals surface area contributed by atoms with Gasteiger partial charge in [-0.2, -0.15) is 0 Å². The van der Waals surface area contributed by atoms with E-state index >= 15 is 0 Å². The van der Waals surface area contributed by atoms with Crippen molar-refractivity contribution in [2.45, 2.75) is 6.04 Å².